The van der Waals surface area contributed by atoms with Crippen molar-refractivity contribution < 1.29 is 4.79 Å². The van der Waals surface area contributed by atoms with Gasteiger partial charge in [0.25, 0.3) is 0 Å². The molecule has 3 nitrogen and oxygen atoms in total. The van der Waals surface area contributed by atoms with Crippen LogP contribution in [0.2, 0.25) is 5.02 Å². The van der Waals surface area contributed by atoms with E-state index in [0.717, 1.165) is 18.4 Å². The maximum absolute atomic E-state index is 12.2. The molecule has 1 fully saturated rings. The third kappa shape index (κ3) is 3.54. The zero-order valence-corrected chi connectivity index (χ0v) is 12.7. The van der Waals surface area contributed by atoms with Crippen molar-refractivity contribution in [3.63, 3.8) is 0 Å². The fourth-order valence-electron chi connectivity index (χ4n) is 2.71. The topological polar surface area (TPSA) is 32.3 Å². The van der Waals surface area contributed by atoms with Gasteiger partial charge in [0.1, 0.15) is 0 Å². The van der Waals surface area contributed by atoms with Gasteiger partial charge in [0, 0.05) is 23.3 Å². The monoisotopic (exact) mass is 292 g/mol. The van der Waals surface area contributed by atoms with E-state index in [1.165, 1.54) is 6.42 Å². The van der Waals surface area contributed by atoms with E-state index in [4.69, 9.17) is 11.6 Å². The Morgan fingerprint density at radius 1 is 1.30 bits per heavy atom. The summed E-state index contributed by atoms with van der Waals surface area (Å²) in [5.74, 6) is 0. The lowest BCUT2D eigenvalue weighted by molar-refractivity contribution is 0.126. The summed E-state index contributed by atoms with van der Waals surface area (Å²) in [7, 11) is 0. The number of likely N-dealkylation sites (tertiary alicyclic amines) is 1. The highest BCUT2D eigenvalue weighted by Gasteiger charge is 2.28. The molecular formula is C16H21ClN2O. The SMILES string of the molecule is CC1CCCC(C)N1C(=O)N/C=C/c1ccccc1Cl. The minimum absolute atomic E-state index is 0.0343. The second-order valence-corrected chi connectivity index (χ2v) is 5.75. The van der Waals surface area contributed by atoms with E-state index in [9.17, 15) is 4.79 Å². The summed E-state index contributed by atoms with van der Waals surface area (Å²) in [6.07, 6.45) is 6.83. The van der Waals surface area contributed by atoms with Gasteiger partial charge >= 0.3 is 6.03 Å². The van der Waals surface area contributed by atoms with Gasteiger partial charge < -0.3 is 10.2 Å². The number of nitrogens with zero attached hydrogens (tertiary/aromatic N) is 1. The third-order valence-corrected chi connectivity index (χ3v) is 4.15. The van der Waals surface area contributed by atoms with Crippen molar-refractivity contribution in [2.45, 2.75) is 45.2 Å². The van der Waals surface area contributed by atoms with Crippen molar-refractivity contribution in [1.29, 1.82) is 0 Å². The molecule has 2 atom stereocenters. The highest BCUT2D eigenvalue weighted by molar-refractivity contribution is 6.32. The lowest BCUT2D eigenvalue weighted by Gasteiger charge is -2.38. The molecule has 1 N–H and O–H groups in total. The largest absolute Gasteiger partial charge is 0.321 e. The number of piperidine rings is 1. The van der Waals surface area contributed by atoms with E-state index < -0.39 is 0 Å². The van der Waals surface area contributed by atoms with Crippen LogP contribution in [0.5, 0.6) is 0 Å². The lowest BCUT2D eigenvalue weighted by atomic mass is 9.98. The van der Waals surface area contributed by atoms with Gasteiger partial charge in [-0.3, -0.25) is 0 Å². The van der Waals surface area contributed by atoms with Gasteiger partial charge in [-0.25, -0.2) is 4.79 Å². The molecule has 2 amide bonds. The van der Waals surface area contributed by atoms with Crippen molar-refractivity contribution in [2.24, 2.45) is 0 Å². The first-order valence-corrected chi connectivity index (χ1v) is 7.47. The average Bonchev–Trinajstić information content (AvgIpc) is 2.41. The van der Waals surface area contributed by atoms with E-state index in [-0.39, 0.29) is 6.03 Å². The quantitative estimate of drug-likeness (QED) is 0.867. The molecule has 1 aromatic carbocycles. The molecule has 1 saturated heterocycles. The Kier molecular flexibility index (Phi) is 5.07. The molecule has 1 aliphatic heterocycles. The van der Waals surface area contributed by atoms with Crippen molar-refractivity contribution in [3.8, 4) is 0 Å². The van der Waals surface area contributed by atoms with Crippen LogP contribution in [0, 0.1) is 0 Å². The molecule has 1 aromatic rings. The number of hydrogen-bond donors (Lipinski definition) is 1. The summed E-state index contributed by atoms with van der Waals surface area (Å²) in [4.78, 5) is 14.2. The van der Waals surface area contributed by atoms with Gasteiger partial charge in [0.15, 0.2) is 0 Å². The van der Waals surface area contributed by atoms with Crippen molar-refractivity contribution >= 4 is 23.7 Å². The second-order valence-electron chi connectivity index (χ2n) is 5.34. The van der Waals surface area contributed by atoms with Gasteiger partial charge in [-0.05, 0) is 50.8 Å². The van der Waals surface area contributed by atoms with Gasteiger partial charge in [-0.2, -0.15) is 0 Å². The number of hydrogen-bond acceptors (Lipinski definition) is 1. The molecule has 0 aromatic heterocycles. The number of carbonyl (C=O) groups excluding carboxylic acids is 1. The van der Waals surface area contributed by atoms with E-state index in [0.29, 0.717) is 17.1 Å². The highest BCUT2D eigenvalue weighted by Crippen LogP contribution is 2.22. The minimum atomic E-state index is -0.0343. The Bertz CT molecular complexity index is 491. The Labute approximate surface area is 125 Å². The maximum Gasteiger partial charge on any atom is 0.321 e. The Hall–Kier alpha value is -1.48. The van der Waals surface area contributed by atoms with Crippen LogP contribution < -0.4 is 5.32 Å². The van der Waals surface area contributed by atoms with E-state index >= 15 is 0 Å². The van der Waals surface area contributed by atoms with Gasteiger partial charge in [0.05, 0.1) is 0 Å². The molecule has 0 aliphatic carbocycles. The van der Waals surface area contributed by atoms with Crippen molar-refractivity contribution in [2.75, 3.05) is 0 Å². The summed E-state index contributed by atoms with van der Waals surface area (Å²) in [6.45, 7) is 4.21. The molecule has 4 heteroatoms. The molecule has 0 radical (unpaired) electrons. The van der Waals surface area contributed by atoms with Gasteiger partial charge in [-0.15, -0.1) is 0 Å². The minimum Gasteiger partial charge on any atom is -0.319 e. The number of urea groups is 1. The fourth-order valence-corrected chi connectivity index (χ4v) is 2.91. The Morgan fingerprint density at radius 3 is 2.60 bits per heavy atom. The summed E-state index contributed by atoms with van der Waals surface area (Å²) >= 11 is 6.06. The zero-order chi connectivity index (χ0) is 14.5. The number of halogens is 1. The predicted octanol–water partition coefficient (Wildman–Crippen LogP) is 4.28. The van der Waals surface area contributed by atoms with Crippen LogP contribution in [0.3, 0.4) is 0 Å². The van der Waals surface area contributed by atoms with Crippen LogP contribution >= 0.6 is 11.6 Å². The smallest absolute Gasteiger partial charge is 0.319 e. The molecule has 20 heavy (non-hydrogen) atoms. The normalized spacial score (nSPS) is 23.1. The first-order chi connectivity index (χ1) is 9.59. The van der Waals surface area contributed by atoms with Gasteiger partial charge in [0.2, 0.25) is 0 Å². The van der Waals surface area contributed by atoms with Gasteiger partial charge in [-0.1, -0.05) is 29.8 Å². The molecule has 2 rings (SSSR count). The number of benzene rings is 1. The van der Waals surface area contributed by atoms with Crippen LogP contribution in [0.25, 0.3) is 6.08 Å². The van der Waals surface area contributed by atoms with E-state index in [2.05, 4.69) is 19.2 Å². The lowest BCUT2D eigenvalue weighted by Crippen LogP contribution is -2.50. The summed E-state index contributed by atoms with van der Waals surface area (Å²) in [5, 5.41) is 3.52. The average molecular weight is 293 g/mol. The van der Waals surface area contributed by atoms with Crippen LogP contribution in [-0.4, -0.2) is 23.0 Å². The van der Waals surface area contributed by atoms with E-state index in [1.54, 1.807) is 6.20 Å². The predicted molar refractivity (Wildman–Crippen MR) is 83.6 cm³/mol. The fraction of sp³-hybridized carbons (Fsp3) is 0.438. The van der Waals surface area contributed by atoms with Crippen LogP contribution in [-0.2, 0) is 0 Å². The molecular weight excluding hydrogens is 272 g/mol. The Balaban J connectivity index is 1.96. The maximum atomic E-state index is 12.2. The van der Waals surface area contributed by atoms with Crippen LogP contribution in [0.4, 0.5) is 4.79 Å². The Morgan fingerprint density at radius 2 is 1.95 bits per heavy atom. The molecule has 108 valence electrons. The van der Waals surface area contributed by atoms with Crippen LogP contribution in [0.15, 0.2) is 30.5 Å². The molecule has 0 bridgehead atoms. The zero-order valence-electron chi connectivity index (χ0n) is 12.0. The first-order valence-electron chi connectivity index (χ1n) is 7.09. The highest BCUT2D eigenvalue weighted by atomic mass is 35.5. The summed E-state index contributed by atoms with van der Waals surface area (Å²) in [6, 6.07) is 8.11. The van der Waals surface area contributed by atoms with Crippen LogP contribution in [0.1, 0.15) is 38.7 Å². The second kappa shape index (κ2) is 6.80. The van der Waals surface area contributed by atoms with Crippen molar-refractivity contribution in [3.05, 3.63) is 41.1 Å². The molecule has 1 aliphatic rings. The molecule has 0 saturated carbocycles. The molecule has 2 unspecified atom stereocenters. The van der Waals surface area contributed by atoms with Crippen molar-refractivity contribution in [1.82, 2.24) is 10.2 Å². The first kappa shape index (κ1) is 14.9. The number of rotatable bonds is 2. The summed E-state index contributed by atoms with van der Waals surface area (Å²) < 4.78 is 0. The number of carbonyl (C=O) groups is 1. The number of nitrogens with one attached hydrogen (secondary N) is 1. The third-order valence-electron chi connectivity index (χ3n) is 3.80. The standard InChI is InChI=1S/C16H21ClN2O/c1-12-6-5-7-13(2)19(12)16(20)18-11-10-14-8-3-4-9-15(14)17/h3-4,8-13H,5-7H2,1-2H3,(H,18,20)/b11-10+. The molecule has 1 heterocycles. The van der Waals surface area contributed by atoms with E-state index in [1.807, 2.05) is 35.2 Å². The number of amides is 2. The summed E-state index contributed by atoms with van der Waals surface area (Å²) in [5.41, 5.74) is 0.897. The molecule has 0 spiro atoms.